The molecule has 8 heteroatoms. The van der Waals surface area contributed by atoms with E-state index in [1.807, 2.05) is 0 Å². The van der Waals surface area contributed by atoms with E-state index in [2.05, 4.69) is 4.98 Å². The lowest BCUT2D eigenvalue weighted by molar-refractivity contribution is -0.117. The van der Waals surface area contributed by atoms with Crippen LogP contribution in [-0.4, -0.2) is 31.6 Å². The molecule has 1 aliphatic heterocycles. The molecule has 1 amide bonds. The number of carbonyl (C=O) groups excluding carboxylic acids is 1. The molecular weight excluding hydrogens is 308 g/mol. The first-order valence-electron chi connectivity index (χ1n) is 6.13. The van der Waals surface area contributed by atoms with Crippen molar-refractivity contribution in [3.8, 4) is 0 Å². The highest BCUT2D eigenvalue weighted by Crippen LogP contribution is 2.35. The molecule has 0 aromatic carbocycles. The van der Waals surface area contributed by atoms with E-state index >= 15 is 0 Å². The van der Waals surface area contributed by atoms with Gasteiger partial charge in [0.2, 0.25) is 15.0 Å². The summed E-state index contributed by atoms with van der Waals surface area (Å²) < 4.78 is 22.1. The fourth-order valence-corrected chi connectivity index (χ4v) is 5.15. The highest BCUT2D eigenvalue weighted by molar-refractivity contribution is 8.13. The Hall–Kier alpha value is -0.660. The van der Waals surface area contributed by atoms with Crippen molar-refractivity contribution in [3.05, 3.63) is 10.6 Å². The topological polar surface area (TPSA) is 67.3 Å². The van der Waals surface area contributed by atoms with Gasteiger partial charge in [-0.1, -0.05) is 0 Å². The van der Waals surface area contributed by atoms with Gasteiger partial charge in [0.25, 0.3) is 0 Å². The molecule has 0 radical (unpaired) electrons. The number of anilines is 1. The summed E-state index contributed by atoms with van der Waals surface area (Å²) >= 11 is 1.55. The first kappa shape index (κ1) is 13.3. The fourth-order valence-electron chi connectivity index (χ4n) is 2.65. The third-order valence-electron chi connectivity index (χ3n) is 3.46. The predicted octanol–water partition coefficient (Wildman–Crippen LogP) is 1.55. The lowest BCUT2D eigenvalue weighted by Crippen LogP contribution is -2.25. The number of hydrogen-bond acceptors (Lipinski definition) is 5. The summed E-state index contributed by atoms with van der Waals surface area (Å²) in [4.78, 5) is 19.3. The van der Waals surface area contributed by atoms with Gasteiger partial charge in [0.1, 0.15) is 0 Å². The summed E-state index contributed by atoms with van der Waals surface area (Å²) in [5.41, 5.74) is 1.10. The molecular formula is C11H13ClN2O3S2. The number of hydrogen-bond donors (Lipinski definition) is 0. The summed E-state index contributed by atoms with van der Waals surface area (Å²) in [5.74, 6) is -0.437. The lowest BCUT2D eigenvalue weighted by Gasteiger charge is -2.12. The van der Waals surface area contributed by atoms with Gasteiger partial charge < -0.3 is 0 Å². The Balaban J connectivity index is 1.76. The monoisotopic (exact) mass is 320 g/mol. The van der Waals surface area contributed by atoms with Crippen molar-refractivity contribution in [2.24, 2.45) is 5.92 Å². The SMILES string of the molecule is O=C1CC(CS(=O)(=O)Cl)CN1c1nc2c(s1)CCC2. The van der Waals surface area contributed by atoms with Crippen LogP contribution >= 0.6 is 22.0 Å². The molecule has 104 valence electrons. The minimum absolute atomic E-state index is 0.0576. The number of aryl methyl sites for hydroxylation is 2. The third-order valence-corrected chi connectivity index (χ3v) is 5.88. The molecule has 1 fully saturated rings. The predicted molar refractivity (Wildman–Crippen MR) is 74.2 cm³/mol. The fraction of sp³-hybridized carbons (Fsp3) is 0.636. The van der Waals surface area contributed by atoms with Gasteiger partial charge in [-0.05, 0) is 19.3 Å². The van der Waals surface area contributed by atoms with E-state index in [0.717, 1.165) is 25.0 Å². The zero-order valence-corrected chi connectivity index (χ0v) is 12.5. The number of aromatic nitrogens is 1. The molecule has 0 N–H and O–H groups in total. The Morgan fingerprint density at radius 3 is 2.89 bits per heavy atom. The maximum Gasteiger partial charge on any atom is 0.232 e. The molecule has 5 nitrogen and oxygen atoms in total. The molecule has 2 aliphatic rings. The number of amides is 1. The molecule has 1 aromatic heterocycles. The second-order valence-electron chi connectivity index (χ2n) is 5.00. The van der Waals surface area contributed by atoms with Gasteiger partial charge in [-0.2, -0.15) is 0 Å². The van der Waals surface area contributed by atoms with Crippen molar-refractivity contribution < 1.29 is 13.2 Å². The zero-order valence-electron chi connectivity index (χ0n) is 10.1. The molecule has 1 atom stereocenters. The highest BCUT2D eigenvalue weighted by Gasteiger charge is 2.35. The van der Waals surface area contributed by atoms with E-state index in [0.29, 0.717) is 11.7 Å². The quantitative estimate of drug-likeness (QED) is 0.793. The van der Waals surface area contributed by atoms with Crippen molar-refractivity contribution in [2.45, 2.75) is 25.7 Å². The summed E-state index contributed by atoms with van der Waals surface area (Å²) in [6.07, 6.45) is 3.38. The third kappa shape index (κ3) is 2.78. The van der Waals surface area contributed by atoms with Gasteiger partial charge in [-0.15, -0.1) is 11.3 Å². The second-order valence-corrected chi connectivity index (χ2v) is 8.88. The Kier molecular flexibility index (Phi) is 3.31. The minimum Gasteiger partial charge on any atom is -0.288 e. The molecule has 19 heavy (non-hydrogen) atoms. The van der Waals surface area contributed by atoms with E-state index in [4.69, 9.17) is 10.7 Å². The second kappa shape index (κ2) is 4.71. The molecule has 1 aromatic rings. The van der Waals surface area contributed by atoms with Gasteiger partial charge in [-0.3, -0.25) is 9.69 Å². The van der Waals surface area contributed by atoms with Crippen molar-refractivity contribution >= 4 is 42.1 Å². The number of thiazole rings is 1. The summed E-state index contributed by atoms with van der Waals surface area (Å²) in [7, 11) is 1.69. The zero-order chi connectivity index (χ0) is 13.6. The average Bonchev–Trinajstić information content (AvgIpc) is 2.88. The van der Waals surface area contributed by atoms with E-state index in [1.165, 1.54) is 4.88 Å². The number of rotatable bonds is 3. The molecule has 1 saturated heterocycles. The van der Waals surface area contributed by atoms with Crippen LogP contribution in [0.25, 0.3) is 0 Å². The standard InChI is InChI=1S/C11H13ClN2O3S2/c12-19(16,17)6-7-4-10(15)14(5-7)11-13-8-2-1-3-9(8)18-11/h7H,1-6H2. The van der Waals surface area contributed by atoms with Crippen LogP contribution in [0.1, 0.15) is 23.4 Å². The minimum atomic E-state index is -3.56. The summed E-state index contributed by atoms with van der Waals surface area (Å²) in [6, 6.07) is 0. The van der Waals surface area contributed by atoms with Crippen molar-refractivity contribution in [1.29, 1.82) is 0 Å². The maximum absolute atomic E-state index is 12.0. The van der Waals surface area contributed by atoms with Crippen LogP contribution in [0.2, 0.25) is 0 Å². The van der Waals surface area contributed by atoms with Crippen LogP contribution in [0.3, 0.4) is 0 Å². The van der Waals surface area contributed by atoms with Gasteiger partial charge in [0, 0.05) is 34.4 Å². The molecule has 0 bridgehead atoms. The van der Waals surface area contributed by atoms with Crippen LogP contribution in [0.4, 0.5) is 5.13 Å². The van der Waals surface area contributed by atoms with Crippen LogP contribution in [0, 0.1) is 5.92 Å². The molecule has 1 unspecified atom stereocenters. The van der Waals surface area contributed by atoms with E-state index < -0.39 is 9.05 Å². The number of halogens is 1. The molecule has 0 spiro atoms. The van der Waals surface area contributed by atoms with Gasteiger partial charge in [0.05, 0.1) is 11.4 Å². The Morgan fingerprint density at radius 2 is 2.21 bits per heavy atom. The van der Waals surface area contributed by atoms with Crippen molar-refractivity contribution in [1.82, 2.24) is 4.98 Å². The van der Waals surface area contributed by atoms with E-state index in [-0.39, 0.29) is 24.0 Å². The van der Waals surface area contributed by atoms with Crippen LogP contribution < -0.4 is 4.90 Å². The smallest absolute Gasteiger partial charge is 0.232 e. The van der Waals surface area contributed by atoms with Gasteiger partial charge >= 0.3 is 0 Å². The highest BCUT2D eigenvalue weighted by atomic mass is 35.7. The number of nitrogens with zero attached hydrogens (tertiary/aromatic N) is 2. The normalized spacial score (nSPS) is 23.1. The first-order valence-corrected chi connectivity index (χ1v) is 9.43. The Labute approximate surface area is 120 Å². The molecule has 2 heterocycles. The van der Waals surface area contributed by atoms with E-state index in [1.54, 1.807) is 16.2 Å². The number of fused-ring (bicyclic) bond motifs is 1. The van der Waals surface area contributed by atoms with Crippen molar-refractivity contribution in [2.75, 3.05) is 17.2 Å². The average molecular weight is 321 g/mol. The Bertz CT molecular complexity index is 604. The first-order chi connectivity index (χ1) is 8.92. The van der Waals surface area contributed by atoms with E-state index in [9.17, 15) is 13.2 Å². The Morgan fingerprint density at radius 1 is 1.42 bits per heavy atom. The molecule has 0 saturated carbocycles. The maximum atomic E-state index is 12.0. The van der Waals surface area contributed by atoms with Crippen LogP contribution in [-0.2, 0) is 26.7 Å². The van der Waals surface area contributed by atoms with Crippen LogP contribution in [0.5, 0.6) is 0 Å². The number of carbonyl (C=O) groups is 1. The van der Waals surface area contributed by atoms with Crippen LogP contribution in [0.15, 0.2) is 0 Å². The van der Waals surface area contributed by atoms with Gasteiger partial charge in [0.15, 0.2) is 5.13 Å². The molecule has 1 aliphatic carbocycles. The van der Waals surface area contributed by atoms with Gasteiger partial charge in [-0.25, -0.2) is 13.4 Å². The largest absolute Gasteiger partial charge is 0.288 e. The lowest BCUT2D eigenvalue weighted by atomic mass is 10.1. The molecule has 3 rings (SSSR count). The van der Waals surface area contributed by atoms with Crippen molar-refractivity contribution in [3.63, 3.8) is 0 Å². The summed E-state index contributed by atoms with van der Waals surface area (Å²) in [6.45, 7) is 0.400. The summed E-state index contributed by atoms with van der Waals surface area (Å²) in [5, 5.41) is 0.712.